The molecule has 144 valence electrons. The number of benzene rings is 1. The van der Waals surface area contributed by atoms with Crippen LogP contribution >= 0.6 is 0 Å². The van der Waals surface area contributed by atoms with Crippen LogP contribution in [0.15, 0.2) is 29.2 Å². The van der Waals surface area contributed by atoms with E-state index in [1.165, 1.54) is 31.4 Å². The highest BCUT2D eigenvalue weighted by molar-refractivity contribution is 7.93. The van der Waals surface area contributed by atoms with Crippen molar-refractivity contribution in [3.05, 3.63) is 24.3 Å². The van der Waals surface area contributed by atoms with Gasteiger partial charge in [-0.3, -0.25) is 10.0 Å². The minimum atomic E-state index is -4.12. The number of ether oxygens (including phenoxy) is 2. The number of nitrogens with one attached hydrogen (secondary N) is 1. The number of rotatable bonds is 5. The van der Waals surface area contributed by atoms with Crippen LogP contribution < -0.4 is 10.2 Å². The van der Waals surface area contributed by atoms with Crippen molar-refractivity contribution >= 4 is 15.7 Å². The molecule has 10 heteroatoms. The molecule has 2 N–H and O–H groups in total. The third-order valence-electron chi connectivity index (χ3n) is 4.90. The molecule has 0 aromatic heterocycles. The van der Waals surface area contributed by atoms with Crippen molar-refractivity contribution in [1.29, 1.82) is 0 Å². The van der Waals surface area contributed by atoms with Crippen molar-refractivity contribution in [3.8, 4) is 5.75 Å². The standard InChI is InChI=1S/C16H23N3O6S/c1-24-13-3-5-14(6-4-13)26(22,23)16(15(20)17-21)7-2-8-19(16)18-9-11-25-12-10-18/h3-6,21H,2,7-12H2,1H3,(H,17,20). The van der Waals surface area contributed by atoms with E-state index in [1.54, 1.807) is 10.5 Å². The highest BCUT2D eigenvalue weighted by Gasteiger charge is 2.60. The van der Waals surface area contributed by atoms with Crippen LogP contribution in [-0.4, -0.2) is 74.4 Å². The molecular weight excluding hydrogens is 362 g/mol. The van der Waals surface area contributed by atoms with Gasteiger partial charge in [0.25, 0.3) is 5.91 Å². The molecule has 9 nitrogen and oxygen atoms in total. The number of amides is 1. The number of hydroxylamine groups is 1. The second kappa shape index (κ2) is 7.49. The number of hydrogen-bond acceptors (Lipinski definition) is 8. The second-order valence-corrected chi connectivity index (χ2v) is 8.35. The lowest BCUT2D eigenvalue weighted by Gasteiger charge is -2.43. The SMILES string of the molecule is COc1ccc(S(=O)(=O)C2(C(=O)NO)CCCN2N2CCOCC2)cc1. The van der Waals surface area contributed by atoms with Gasteiger partial charge < -0.3 is 9.47 Å². The molecule has 1 aromatic carbocycles. The number of hydrogen-bond donors (Lipinski definition) is 2. The largest absolute Gasteiger partial charge is 0.497 e. The van der Waals surface area contributed by atoms with Crippen LogP contribution in [0.2, 0.25) is 0 Å². The number of methoxy groups -OCH3 is 1. The number of hydrazine groups is 1. The molecular formula is C16H23N3O6S. The molecule has 0 spiro atoms. The van der Waals surface area contributed by atoms with Gasteiger partial charge in [-0.25, -0.2) is 23.9 Å². The summed E-state index contributed by atoms with van der Waals surface area (Å²) in [5, 5.41) is 12.7. The Balaban J connectivity index is 2.07. The van der Waals surface area contributed by atoms with Gasteiger partial charge >= 0.3 is 0 Å². The third kappa shape index (κ3) is 2.97. The summed E-state index contributed by atoms with van der Waals surface area (Å²) in [6.07, 6.45) is 0.602. The molecule has 1 unspecified atom stereocenters. The summed E-state index contributed by atoms with van der Waals surface area (Å²) >= 11 is 0. The number of morpholine rings is 1. The lowest BCUT2D eigenvalue weighted by molar-refractivity contribution is -0.152. The summed E-state index contributed by atoms with van der Waals surface area (Å²) < 4.78 is 37.4. The highest BCUT2D eigenvalue weighted by atomic mass is 32.2. The van der Waals surface area contributed by atoms with Crippen LogP contribution in [0.5, 0.6) is 5.75 Å². The molecule has 0 aliphatic carbocycles. The molecule has 2 aliphatic rings. The van der Waals surface area contributed by atoms with Crippen LogP contribution in [0.3, 0.4) is 0 Å². The number of nitrogens with zero attached hydrogens (tertiary/aromatic N) is 2. The van der Waals surface area contributed by atoms with Gasteiger partial charge in [-0.2, -0.15) is 0 Å². The van der Waals surface area contributed by atoms with E-state index in [-0.39, 0.29) is 11.3 Å². The molecule has 0 saturated carbocycles. The summed E-state index contributed by atoms with van der Waals surface area (Å²) in [5.74, 6) is -0.432. The summed E-state index contributed by atoms with van der Waals surface area (Å²) in [4.78, 5) is 10.8. The van der Waals surface area contributed by atoms with E-state index in [0.29, 0.717) is 45.0 Å². The first-order valence-electron chi connectivity index (χ1n) is 8.41. The Hall–Kier alpha value is -1.72. The van der Waals surface area contributed by atoms with E-state index in [9.17, 15) is 18.4 Å². The van der Waals surface area contributed by atoms with E-state index in [1.807, 2.05) is 5.01 Å². The van der Waals surface area contributed by atoms with Gasteiger partial charge in [0, 0.05) is 19.6 Å². The molecule has 2 aliphatic heterocycles. The summed E-state index contributed by atoms with van der Waals surface area (Å²) in [5.41, 5.74) is 1.57. The van der Waals surface area contributed by atoms with Crippen LogP contribution in [0.25, 0.3) is 0 Å². The second-order valence-electron chi connectivity index (χ2n) is 6.20. The number of carbonyl (C=O) groups excluding carboxylic acids is 1. The fraction of sp³-hybridized carbons (Fsp3) is 0.562. The van der Waals surface area contributed by atoms with Gasteiger partial charge in [0.2, 0.25) is 14.7 Å². The van der Waals surface area contributed by atoms with E-state index in [4.69, 9.17) is 9.47 Å². The molecule has 2 fully saturated rings. The quantitative estimate of drug-likeness (QED) is 0.539. The predicted octanol–water partition coefficient (Wildman–Crippen LogP) is 0.0136. The van der Waals surface area contributed by atoms with Gasteiger partial charge in [-0.15, -0.1) is 0 Å². The Bertz CT molecular complexity index is 748. The highest BCUT2D eigenvalue weighted by Crippen LogP contribution is 2.40. The molecule has 1 aromatic rings. The Morgan fingerprint density at radius 1 is 1.23 bits per heavy atom. The molecule has 2 saturated heterocycles. The summed E-state index contributed by atoms with van der Waals surface area (Å²) in [6.45, 7) is 2.28. The van der Waals surface area contributed by atoms with Crippen molar-refractivity contribution in [1.82, 2.24) is 15.5 Å². The average Bonchev–Trinajstić information content (AvgIpc) is 3.15. The van der Waals surface area contributed by atoms with Crippen molar-refractivity contribution in [3.63, 3.8) is 0 Å². The molecule has 0 bridgehead atoms. The molecule has 26 heavy (non-hydrogen) atoms. The molecule has 1 amide bonds. The van der Waals surface area contributed by atoms with E-state index >= 15 is 0 Å². The zero-order valence-corrected chi connectivity index (χ0v) is 15.4. The first-order valence-corrected chi connectivity index (χ1v) is 9.89. The van der Waals surface area contributed by atoms with Crippen LogP contribution in [0.1, 0.15) is 12.8 Å². The van der Waals surface area contributed by atoms with Crippen molar-refractivity contribution in [2.75, 3.05) is 40.0 Å². The first kappa shape index (κ1) is 19.1. The Morgan fingerprint density at radius 3 is 2.46 bits per heavy atom. The average molecular weight is 385 g/mol. The minimum absolute atomic E-state index is 0.00191. The fourth-order valence-electron chi connectivity index (χ4n) is 3.61. The zero-order valence-electron chi connectivity index (χ0n) is 14.6. The summed E-state index contributed by atoms with van der Waals surface area (Å²) in [6, 6.07) is 5.89. The maximum Gasteiger partial charge on any atom is 0.281 e. The van der Waals surface area contributed by atoms with Crippen molar-refractivity contribution in [2.45, 2.75) is 22.6 Å². The van der Waals surface area contributed by atoms with Crippen molar-refractivity contribution < 1.29 is 27.9 Å². The molecule has 0 radical (unpaired) electrons. The maximum absolute atomic E-state index is 13.5. The Kier molecular flexibility index (Phi) is 5.49. The van der Waals surface area contributed by atoms with Crippen LogP contribution in [-0.2, 0) is 19.4 Å². The maximum atomic E-state index is 13.5. The lowest BCUT2D eigenvalue weighted by Crippen LogP contribution is -2.65. The Labute approximate surface area is 152 Å². The van der Waals surface area contributed by atoms with Gasteiger partial charge in [0.1, 0.15) is 5.75 Å². The van der Waals surface area contributed by atoms with Gasteiger partial charge in [0.15, 0.2) is 0 Å². The van der Waals surface area contributed by atoms with E-state index in [0.717, 1.165) is 0 Å². The minimum Gasteiger partial charge on any atom is -0.497 e. The van der Waals surface area contributed by atoms with E-state index in [2.05, 4.69) is 0 Å². The number of carbonyl (C=O) groups is 1. The normalized spacial score (nSPS) is 25.2. The zero-order chi connectivity index (χ0) is 18.8. The third-order valence-corrected chi connectivity index (χ3v) is 7.28. The predicted molar refractivity (Wildman–Crippen MR) is 91.2 cm³/mol. The summed E-state index contributed by atoms with van der Waals surface area (Å²) in [7, 11) is -2.63. The first-order chi connectivity index (χ1) is 12.5. The van der Waals surface area contributed by atoms with Crippen molar-refractivity contribution in [2.24, 2.45) is 0 Å². The van der Waals surface area contributed by atoms with Crippen LogP contribution in [0, 0.1) is 0 Å². The Morgan fingerprint density at radius 2 is 1.88 bits per heavy atom. The lowest BCUT2D eigenvalue weighted by atomic mass is 10.2. The molecule has 2 heterocycles. The van der Waals surface area contributed by atoms with Gasteiger partial charge in [-0.1, -0.05) is 0 Å². The fourth-order valence-corrected chi connectivity index (χ4v) is 5.68. The number of sulfone groups is 1. The smallest absolute Gasteiger partial charge is 0.281 e. The van der Waals surface area contributed by atoms with Gasteiger partial charge in [0.05, 0.1) is 25.2 Å². The topological polar surface area (TPSA) is 108 Å². The monoisotopic (exact) mass is 385 g/mol. The van der Waals surface area contributed by atoms with Crippen LogP contribution in [0.4, 0.5) is 0 Å². The molecule has 3 rings (SSSR count). The van der Waals surface area contributed by atoms with Gasteiger partial charge in [-0.05, 0) is 37.1 Å². The van der Waals surface area contributed by atoms with E-state index < -0.39 is 20.6 Å². The molecule has 1 atom stereocenters.